The van der Waals surface area contributed by atoms with E-state index in [2.05, 4.69) is 51.2 Å². The lowest BCUT2D eigenvalue weighted by molar-refractivity contribution is 0.0985. The third-order valence-electron chi connectivity index (χ3n) is 6.08. The Balaban J connectivity index is 1.26. The lowest BCUT2D eigenvalue weighted by Crippen LogP contribution is -2.46. The van der Waals surface area contributed by atoms with Crippen molar-refractivity contribution in [2.24, 2.45) is 0 Å². The number of nitrogens with zero attached hydrogens (tertiary/aromatic N) is 4. The summed E-state index contributed by atoms with van der Waals surface area (Å²) in [5.74, 6) is 0.980. The number of para-hydroxylation sites is 2. The smallest absolute Gasteiger partial charge is 0.259 e. The van der Waals surface area contributed by atoms with Crippen LogP contribution in [0.3, 0.4) is 0 Å². The molecule has 5 heteroatoms. The number of anilines is 3. The van der Waals surface area contributed by atoms with Crippen molar-refractivity contribution in [2.75, 3.05) is 47.4 Å². The maximum atomic E-state index is 13.1. The van der Waals surface area contributed by atoms with Crippen molar-refractivity contribution >= 4 is 23.1 Å². The van der Waals surface area contributed by atoms with Crippen LogP contribution in [0.1, 0.15) is 22.3 Å². The molecule has 0 saturated carbocycles. The standard InChI is InChI=1S/C25H26N4O/c30-25(29-14-6-8-20-7-4-5-11-23(20)29)21-12-13-24(26-19-21)28-17-15-27(16-18-28)22-9-2-1-3-10-22/h1-5,7,9-13,19H,6,8,14-18H2. The average Bonchev–Trinajstić information content (AvgIpc) is 2.84. The molecule has 5 rings (SSSR count). The number of aryl methyl sites for hydroxylation is 1. The van der Waals surface area contributed by atoms with E-state index in [1.165, 1.54) is 11.3 Å². The topological polar surface area (TPSA) is 39.7 Å². The van der Waals surface area contributed by atoms with Crippen LogP contribution >= 0.6 is 0 Å². The van der Waals surface area contributed by atoms with E-state index in [4.69, 9.17) is 0 Å². The molecule has 1 amide bonds. The van der Waals surface area contributed by atoms with Crippen molar-refractivity contribution in [2.45, 2.75) is 12.8 Å². The van der Waals surface area contributed by atoms with Crippen LogP contribution in [0, 0.1) is 0 Å². The highest BCUT2D eigenvalue weighted by Crippen LogP contribution is 2.28. The minimum absolute atomic E-state index is 0.0371. The molecule has 0 aliphatic carbocycles. The highest BCUT2D eigenvalue weighted by molar-refractivity contribution is 6.06. The Kier molecular flexibility index (Phi) is 5.10. The van der Waals surface area contributed by atoms with Gasteiger partial charge in [0.2, 0.25) is 0 Å². The molecule has 2 aliphatic heterocycles. The lowest BCUT2D eigenvalue weighted by Gasteiger charge is -2.36. The molecule has 3 aromatic rings. The third kappa shape index (κ3) is 3.63. The molecule has 0 atom stereocenters. The van der Waals surface area contributed by atoms with Crippen LogP contribution in [0.4, 0.5) is 17.2 Å². The van der Waals surface area contributed by atoms with E-state index in [9.17, 15) is 4.79 Å². The number of fused-ring (bicyclic) bond motifs is 1. The molecule has 0 spiro atoms. The number of benzene rings is 2. The Bertz CT molecular complexity index is 1010. The number of pyridine rings is 1. The average molecular weight is 399 g/mol. The molecular formula is C25H26N4O. The number of rotatable bonds is 3. The zero-order chi connectivity index (χ0) is 20.3. The summed E-state index contributed by atoms with van der Waals surface area (Å²) in [7, 11) is 0. The van der Waals surface area contributed by atoms with Gasteiger partial charge >= 0.3 is 0 Å². The Labute approximate surface area is 177 Å². The number of amides is 1. The molecule has 1 aromatic heterocycles. The SMILES string of the molecule is O=C(c1ccc(N2CCN(c3ccccc3)CC2)nc1)N1CCCc2ccccc21. The maximum absolute atomic E-state index is 13.1. The van der Waals surface area contributed by atoms with E-state index >= 15 is 0 Å². The lowest BCUT2D eigenvalue weighted by atomic mass is 10.0. The summed E-state index contributed by atoms with van der Waals surface area (Å²) < 4.78 is 0. The molecule has 2 aromatic carbocycles. The van der Waals surface area contributed by atoms with Crippen LogP contribution < -0.4 is 14.7 Å². The van der Waals surface area contributed by atoms with Crippen molar-refractivity contribution in [1.29, 1.82) is 0 Å². The summed E-state index contributed by atoms with van der Waals surface area (Å²) in [6, 6.07) is 22.6. The number of piperazine rings is 1. The molecule has 152 valence electrons. The van der Waals surface area contributed by atoms with Gasteiger partial charge in [-0.05, 0) is 48.7 Å². The van der Waals surface area contributed by atoms with Crippen LogP contribution in [-0.4, -0.2) is 43.6 Å². The number of hydrogen-bond acceptors (Lipinski definition) is 4. The van der Waals surface area contributed by atoms with Crippen molar-refractivity contribution < 1.29 is 4.79 Å². The Morgan fingerprint density at radius 2 is 1.50 bits per heavy atom. The van der Waals surface area contributed by atoms with Crippen molar-refractivity contribution in [3.8, 4) is 0 Å². The van der Waals surface area contributed by atoms with Gasteiger partial charge < -0.3 is 14.7 Å². The zero-order valence-electron chi connectivity index (χ0n) is 17.1. The molecular weight excluding hydrogens is 372 g/mol. The number of hydrogen-bond donors (Lipinski definition) is 0. The van der Waals surface area contributed by atoms with Gasteiger partial charge in [0.1, 0.15) is 5.82 Å². The molecule has 0 bridgehead atoms. The number of aromatic nitrogens is 1. The highest BCUT2D eigenvalue weighted by atomic mass is 16.2. The van der Waals surface area contributed by atoms with E-state index in [1.807, 2.05) is 35.2 Å². The molecule has 30 heavy (non-hydrogen) atoms. The summed E-state index contributed by atoms with van der Waals surface area (Å²) in [6.45, 7) is 4.55. The summed E-state index contributed by atoms with van der Waals surface area (Å²) in [6.07, 6.45) is 3.77. The van der Waals surface area contributed by atoms with Crippen molar-refractivity contribution in [3.63, 3.8) is 0 Å². The Hall–Kier alpha value is -3.34. The monoisotopic (exact) mass is 398 g/mol. The van der Waals surface area contributed by atoms with Gasteiger partial charge in [-0.3, -0.25) is 4.79 Å². The molecule has 5 nitrogen and oxygen atoms in total. The van der Waals surface area contributed by atoms with Gasteiger partial charge in [-0.15, -0.1) is 0 Å². The minimum atomic E-state index is 0.0371. The van der Waals surface area contributed by atoms with Crippen LogP contribution in [0.5, 0.6) is 0 Å². The van der Waals surface area contributed by atoms with E-state index in [-0.39, 0.29) is 5.91 Å². The van der Waals surface area contributed by atoms with Crippen LogP contribution in [-0.2, 0) is 6.42 Å². The zero-order valence-corrected chi connectivity index (χ0v) is 17.1. The second kappa shape index (κ2) is 8.19. The first kappa shape index (κ1) is 18.7. The molecule has 2 aliphatic rings. The first-order chi connectivity index (χ1) is 14.8. The predicted octanol–water partition coefficient (Wildman–Crippen LogP) is 4.00. The van der Waals surface area contributed by atoms with Gasteiger partial charge in [0.15, 0.2) is 0 Å². The number of carbonyl (C=O) groups is 1. The van der Waals surface area contributed by atoms with Gasteiger partial charge in [0.05, 0.1) is 5.56 Å². The fourth-order valence-corrected chi connectivity index (χ4v) is 4.43. The third-order valence-corrected chi connectivity index (χ3v) is 6.08. The molecule has 3 heterocycles. The highest BCUT2D eigenvalue weighted by Gasteiger charge is 2.24. The van der Waals surface area contributed by atoms with Crippen LogP contribution in [0.15, 0.2) is 72.9 Å². The molecule has 0 N–H and O–H groups in total. The molecule has 0 radical (unpaired) electrons. The van der Waals surface area contributed by atoms with Crippen molar-refractivity contribution in [1.82, 2.24) is 4.98 Å². The van der Waals surface area contributed by atoms with Gasteiger partial charge in [-0.25, -0.2) is 4.98 Å². The molecule has 1 saturated heterocycles. The Morgan fingerprint density at radius 3 is 2.27 bits per heavy atom. The largest absolute Gasteiger partial charge is 0.368 e. The first-order valence-electron chi connectivity index (χ1n) is 10.7. The first-order valence-corrected chi connectivity index (χ1v) is 10.7. The summed E-state index contributed by atoms with van der Waals surface area (Å²) in [4.78, 5) is 24.3. The van der Waals surface area contributed by atoms with Crippen LogP contribution in [0.2, 0.25) is 0 Å². The van der Waals surface area contributed by atoms with Gasteiger partial charge in [-0.1, -0.05) is 36.4 Å². The van der Waals surface area contributed by atoms with Gasteiger partial charge in [-0.2, -0.15) is 0 Å². The summed E-state index contributed by atoms with van der Waals surface area (Å²) in [5.41, 5.74) is 4.21. The normalized spacial score (nSPS) is 16.3. The predicted molar refractivity (Wildman–Crippen MR) is 122 cm³/mol. The summed E-state index contributed by atoms with van der Waals surface area (Å²) in [5, 5.41) is 0. The second-order valence-electron chi connectivity index (χ2n) is 7.90. The van der Waals surface area contributed by atoms with E-state index in [1.54, 1.807) is 6.20 Å². The second-order valence-corrected chi connectivity index (χ2v) is 7.90. The number of carbonyl (C=O) groups excluding carboxylic acids is 1. The molecule has 1 fully saturated rings. The molecule has 0 unspecified atom stereocenters. The van der Waals surface area contributed by atoms with Crippen LogP contribution in [0.25, 0.3) is 0 Å². The van der Waals surface area contributed by atoms with E-state index in [0.717, 1.165) is 57.1 Å². The fourth-order valence-electron chi connectivity index (χ4n) is 4.43. The maximum Gasteiger partial charge on any atom is 0.259 e. The minimum Gasteiger partial charge on any atom is -0.368 e. The quantitative estimate of drug-likeness (QED) is 0.669. The summed E-state index contributed by atoms with van der Waals surface area (Å²) >= 11 is 0. The fraction of sp³-hybridized carbons (Fsp3) is 0.280. The van der Waals surface area contributed by atoms with Gasteiger partial charge in [0.25, 0.3) is 5.91 Å². The van der Waals surface area contributed by atoms with Gasteiger partial charge in [0, 0.05) is 50.3 Å². The Morgan fingerprint density at radius 1 is 0.767 bits per heavy atom. The van der Waals surface area contributed by atoms with Crippen molar-refractivity contribution in [3.05, 3.63) is 84.1 Å². The van der Waals surface area contributed by atoms with E-state index < -0.39 is 0 Å². The van der Waals surface area contributed by atoms with E-state index in [0.29, 0.717) is 5.56 Å².